The summed E-state index contributed by atoms with van der Waals surface area (Å²) in [5.41, 5.74) is 0. The Morgan fingerprint density at radius 1 is 1.70 bits per heavy atom. The lowest BCUT2D eigenvalue weighted by Crippen LogP contribution is -2.29. The molecule has 0 unspecified atom stereocenters. The molecule has 0 spiro atoms. The zero-order valence-electron chi connectivity index (χ0n) is 6.34. The molecule has 1 heterocycles. The molecule has 0 aliphatic heterocycles. The number of hydrogen-bond acceptors (Lipinski definition) is 0. The maximum atomic E-state index is 2.39. The highest BCUT2D eigenvalue weighted by molar-refractivity contribution is 14.1. The van der Waals surface area contributed by atoms with Gasteiger partial charge in [-0.15, -0.1) is 0 Å². The van der Waals surface area contributed by atoms with Gasteiger partial charge in [0.1, 0.15) is 12.4 Å². The van der Waals surface area contributed by atoms with Crippen molar-refractivity contribution in [2.45, 2.75) is 13.5 Å². The molecule has 0 N–H and O–H groups in total. The number of halogens is 1. The van der Waals surface area contributed by atoms with E-state index in [1.807, 2.05) is 0 Å². The molecule has 0 saturated heterocycles. The number of nitrogens with zero attached hydrogens (tertiary/aromatic N) is 2. The van der Waals surface area contributed by atoms with Crippen LogP contribution in [0.4, 0.5) is 0 Å². The van der Waals surface area contributed by atoms with Crippen LogP contribution in [0.25, 0.3) is 0 Å². The Morgan fingerprint density at radius 2 is 2.40 bits per heavy atom. The van der Waals surface area contributed by atoms with Crippen LogP contribution in [-0.2, 0) is 13.6 Å². The first-order valence-corrected chi connectivity index (χ1v) is 4.85. The summed E-state index contributed by atoms with van der Waals surface area (Å²) in [5, 5.41) is 0. The van der Waals surface area contributed by atoms with Crippen molar-refractivity contribution in [3.8, 4) is 0 Å². The minimum atomic E-state index is 1.12. The van der Waals surface area contributed by atoms with Crippen molar-refractivity contribution in [2.75, 3.05) is 4.43 Å². The Balaban J connectivity index is 2.83. The van der Waals surface area contributed by atoms with Gasteiger partial charge in [0.2, 0.25) is 0 Å². The largest absolute Gasteiger partial charge is 0.253 e. The van der Waals surface area contributed by atoms with Crippen LogP contribution in [0.5, 0.6) is 0 Å². The highest BCUT2D eigenvalue weighted by Gasteiger charge is 2.05. The second-order valence-electron chi connectivity index (χ2n) is 2.34. The lowest BCUT2D eigenvalue weighted by molar-refractivity contribution is -0.677. The van der Waals surface area contributed by atoms with Crippen molar-refractivity contribution < 1.29 is 4.57 Å². The van der Waals surface area contributed by atoms with Gasteiger partial charge in [-0.1, -0.05) is 22.6 Å². The molecule has 1 rings (SSSR count). The summed E-state index contributed by atoms with van der Waals surface area (Å²) in [6.07, 6.45) is 4.20. The van der Waals surface area contributed by atoms with Gasteiger partial charge in [0.15, 0.2) is 0 Å². The van der Waals surface area contributed by atoms with Gasteiger partial charge >= 0.3 is 0 Å². The zero-order chi connectivity index (χ0) is 7.56. The van der Waals surface area contributed by atoms with Crippen molar-refractivity contribution >= 4 is 22.6 Å². The number of aromatic nitrogens is 2. The van der Waals surface area contributed by atoms with Crippen LogP contribution in [0.3, 0.4) is 0 Å². The lowest BCUT2D eigenvalue weighted by Gasteiger charge is -1.92. The average molecular weight is 251 g/mol. The molecule has 1 aromatic rings. The predicted molar refractivity (Wildman–Crippen MR) is 49.2 cm³/mol. The van der Waals surface area contributed by atoms with E-state index < -0.39 is 0 Å². The van der Waals surface area contributed by atoms with Crippen LogP contribution >= 0.6 is 22.6 Å². The fourth-order valence-corrected chi connectivity index (χ4v) is 1.45. The van der Waals surface area contributed by atoms with Crippen molar-refractivity contribution in [1.29, 1.82) is 0 Å². The SMILES string of the molecule is Cc1n(CCI)cc[n+]1C. The van der Waals surface area contributed by atoms with Gasteiger partial charge in [0, 0.05) is 11.4 Å². The highest BCUT2D eigenvalue weighted by atomic mass is 127. The minimum absolute atomic E-state index is 1.12. The Bertz CT molecular complexity index is 217. The molecule has 0 saturated carbocycles. The van der Waals surface area contributed by atoms with Gasteiger partial charge in [0.25, 0.3) is 5.82 Å². The first kappa shape index (κ1) is 8.04. The van der Waals surface area contributed by atoms with E-state index in [1.54, 1.807) is 0 Å². The van der Waals surface area contributed by atoms with Crippen LogP contribution in [0.15, 0.2) is 12.4 Å². The number of aryl methyl sites for hydroxylation is 2. The molecule has 0 aliphatic rings. The Hall–Kier alpha value is -0.0600. The smallest absolute Gasteiger partial charge is 0.237 e. The first-order valence-electron chi connectivity index (χ1n) is 3.33. The molecule has 3 heteroatoms. The third-order valence-electron chi connectivity index (χ3n) is 1.72. The summed E-state index contributed by atoms with van der Waals surface area (Å²) in [6.45, 7) is 3.25. The quantitative estimate of drug-likeness (QED) is 0.422. The maximum absolute atomic E-state index is 2.39. The molecule has 0 fully saturated rings. The Kier molecular flexibility index (Phi) is 2.71. The van der Waals surface area contributed by atoms with E-state index in [1.165, 1.54) is 10.3 Å². The Morgan fingerprint density at radius 3 is 2.80 bits per heavy atom. The van der Waals surface area contributed by atoms with E-state index in [4.69, 9.17) is 0 Å². The minimum Gasteiger partial charge on any atom is -0.237 e. The van der Waals surface area contributed by atoms with E-state index in [2.05, 4.69) is 58.1 Å². The number of alkyl halides is 1. The number of hydrogen-bond donors (Lipinski definition) is 0. The molecule has 1 aromatic heterocycles. The molecule has 0 aliphatic carbocycles. The molecule has 0 radical (unpaired) electrons. The van der Waals surface area contributed by atoms with Crippen molar-refractivity contribution in [3.63, 3.8) is 0 Å². The van der Waals surface area contributed by atoms with Crippen LogP contribution in [0.2, 0.25) is 0 Å². The fourth-order valence-electron chi connectivity index (χ4n) is 0.926. The predicted octanol–water partition coefficient (Wildman–Crippen LogP) is 1.06. The summed E-state index contributed by atoms with van der Waals surface area (Å²) < 4.78 is 5.56. The van der Waals surface area contributed by atoms with E-state index in [-0.39, 0.29) is 0 Å². The molecule has 2 nitrogen and oxygen atoms in total. The molecule has 0 amide bonds. The van der Waals surface area contributed by atoms with Crippen LogP contribution in [0.1, 0.15) is 5.82 Å². The van der Waals surface area contributed by atoms with E-state index in [0.29, 0.717) is 0 Å². The molecule has 56 valence electrons. The molecular formula is C7H12IN2+. The molecule has 10 heavy (non-hydrogen) atoms. The van der Waals surface area contributed by atoms with Crippen LogP contribution in [0, 0.1) is 6.92 Å². The van der Waals surface area contributed by atoms with Gasteiger partial charge in [0.05, 0.1) is 13.6 Å². The summed E-state index contributed by atoms with van der Waals surface area (Å²) in [4.78, 5) is 0. The monoisotopic (exact) mass is 251 g/mol. The van der Waals surface area contributed by atoms with Gasteiger partial charge in [-0.25, -0.2) is 9.13 Å². The average Bonchev–Trinajstić information content (AvgIpc) is 2.20. The van der Waals surface area contributed by atoms with Crippen LogP contribution in [-0.4, -0.2) is 8.99 Å². The standard InChI is InChI=1S/C7H12IN2/c1-7-9(2)5-6-10(7)4-3-8/h5-6H,3-4H2,1-2H3/q+1. The first-order chi connectivity index (χ1) is 4.75. The van der Waals surface area contributed by atoms with Crippen molar-refractivity contribution in [1.82, 2.24) is 4.57 Å². The summed E-state index contributed by atoms with van der Waals surface area (Å²) >= 11 is 2.39. The van der Waals surface area contributed by atoms with E-state index >= 15 is 0 Å². The summed E-state index contributed by atoms with van der Waals surface area (Å²) in [5.74, 6) is 1.32. The zero-order valence-corrected chi connectivity index (χ0v) is 8.50. The summed E-state index contributed by atoms with van der Waals surface area (Å²) in [7, 11) is 2.07. The highest BCUT2D eigenvalue weighted by Crippen LogP contribution is 1.94. The van der Waals surface area contributed by atoms with E-state index in [0.717, 1.165) is 6.54 Å². The molecule has 0 atom stereocenters. The third kappa shape index (κ3) is 1.51. The van der Waals surface area contributed by atoms with E-state index in [9.17, 15) is 0 Å². The summed E-state index contributed by atoms with van der Waals surface area (Å²) in [6, 6.07) is 0. The van der Waals surface area contributed by atoms with Gasteiger partial charge < -0.3 is 0 Å². The second kappa shape index (κ2) is 3.37. The van der Waals surface area contributed by atoms with Crippen molar-refractivity contribution in [2.24, 2.45) is 7.05 Å². The topological polar surface area (TPSA) is 8.81 Å². The lowest BCUT2D eigenvalue weighted by atomic mass is 10.6. The second-order valence-corrected chi connectivity index (χ2v) is 3.42. The maximum Gasteiger partial charge on any atom is 0.253 e. The van der Waals surface area contributed by atoms with Crippen LogP contribution < -0.4 is 4.57 Å². The molecule has 0 aromatic carbocycles. The third-order valence-corrected chi connectivity index (χ3v) is 2.20. The van der Waals surface area contributed by atoms with Gasteiger partial charge in [-0.05, 0) is 0 Å². The normalized spacial score (nSPS) is 10.3. The number of rotatable bonds is 2. The Labute approximate surface area is 75.0 Å². The molecular weight excluding hydrogens is 239 g/mol. The number of imidazole rings is 1. The van der Waals surface area contributed by atoms with Crippen molar-refractivity contribution in [3.05, 3.63) is 18.2 Å². The fraction of sp³-hybridized carbons (Fsp3) is 0.571. The molecule has 0 bridgehead atoms. The van der Waals surface area contributed by atoms with Gasteiger partial charge in [-0.3, -0.25) is 0 Å². The van der Waals surface area contributed by atoms with Gasteiger partial charge in [-0.2, -0.15) is 0 Å².